The summed E-state index contributed by atoms with van der Waals surface area (Å²) in [5.41, 5.74) is 0.329. The lowest BCUT2D eigenvalue weighted by Crippen LogP contribution is -2.16. The van der Waals surface area contributed by atoms with E-state index in [1.165, 1.54) is 32.1 Å². The van der Waals surface area contributed by atoms with Gasteiger partial charge in [-0.15, -0.1) is 0 Å². The van der Waals surface area contributed by atoms with Crippen LogP contribution < -0.4 is 0 Å². The molecule has 0 radical (unpaired) electrons. The van der Waals surface area contributed by atoms with Gasteiger partial charge in [-0.2, -0.15) is 0 Å². The highest BCUT2D eigenvalue weighted by atomic mass is 16.1. The molecule has 90 valence electrons. The first kappa shape index (κ1) is 14.7. The van der Waals surface area contributed by atoms with Crippen LogP contribution in [-0.4, -0.2) is 6.29 Å². The van der Waals surface area contributed by atoms with Gasteiger partial charge in [-0.3, -0.25) is 0 Å². The highest BCUT2D eigenvalue weighted by Crippen LogP contribution is 2.31. The second-order valence-corrected chi connectivity index (χ2v) is 6.23. The Hall–Kier alpha value is -0.330. The quantitative estimate of drug-likeness (QED) is 0.537. The summed E-state index contributed by atoms with van der Waals surface area (Å²) in [5.74, 6) is 0. The van der Waals surface area contributed by atoms with E-state index in [-0.39, 0.29) is 5.41 Å². The largest absolute Gasteiger partial charge is 0.303 e. The van der Waals surface area contributed by atoms with Gasteiger partial charge in [-0.05, 0) is 24.7 Å². The third-order valence-electron chi connectivity index (χ3n) is 3.20. The Balaban J connectivity index is 3.79. The summed E-state index contributed by atoms with van der Waals surface area (Å²) < 4.78 is 0. The van der Waals surface area contributed by atoms with Crippen LogP contribution in [0, 0.1) is 10.8 Å². The number of aldehydes is 1. The minimum atomic E-state index is -0.124. The third kappa shape index (κ3) is 7.58. The van der Waals surface area contributed by atoms with Crippen LogP contribution in [0.2, 0.25) is 0 Å². The maximum Gasteiger partial charge on any atom is 0.125 e. The Bertz CT molecular complexity index is 180. The zero-order valence-corrected chi connectivity index (χ0v) is 11.2. The Kier molecular flexibility index (Phi) is 6.16. The Morgan fingerprint density at radius 1 is 0.933 bits per heavy atom. The van der Waals surface area contributed by atoms with E-state index in [0.717, 1.165) is 12.7 Å². The summed E-state index contributed by atoms with van der Waals surface area (Å²) in [5, 5.41) is 0. The van der Waals surface area contributed by atoms with Crippen LogP contribution in [-0.2, 0) is 4.79 Å². The van der Waals surface area contributed by atoms with E-state index in [0.29, 0.717) is 5.41 Å². The summed E-state index contributed by atoms with van der Waals surface area (Å²) >= 11 is 0. The molecule has 1 heteroatoms. The predicted molar refractivity (Wildman–Crippen MR) is 67.0 cm³/mol. The van der Waals surface area contributed by atoms with E-state index in [1.807, 2.05) is 13.8 Å². The molecule has 0 atom stereocenters. The van der Waals surface area contributed by atoms with Gasteiger partial charge in [0, 0.05) is 5.41 Å². The van der Waals surface area contributed by atoms with E-state index in [9.17, 15) is 4.79 Å². The number of rotatable bonds is 8. The Labute approximate surface area is 95.6 Å². The standard InChI is InChI=1S/C14H28O/c1-6-7-9-13(2,3)10-8-11-14(4,5)12-15/h12H,6-11H2,1-5H3. The van der Waals surface area contributed by atoms with Crippen molar-refractivity contribution in [3.05, 3.63) is 0 Å². The number of carbonyl (C=O) groups is 1. The maximum absolute atomic E-state index is 10.8. The second-order valence-electron chi connectivity index (χ2n) is 6.23. The van der Waals surface area contributed by atoms with Gasteiger partial charge in [-0.1, -0.05) is 53.9 Å². The van der Waals surface area contributed by atoms with Crippen molar-refractivity contribution in [3.8, 4) is 0 Å². The summed E-state index contributed by atoms with van der Waals surface area (Å²) in [6.07, 6.45) is 8.43. The van der Waals surface area contributed by atoms with Gasteiger partial charge in [0.1, 0.15) is 6.29 Å². The lowest BCUT2D eigenvalue weighted by Gasteiger charge is -2.26. The molecule has 0 unspecified atom stereocenters. The van der Waals surface area contributed by atoms with Crippen LogP contribution in [0.25, 0.3) is 0 Å². The molecule has 1 nitrogen and oxygen atoms in total. The number of hydrogen-bond donors (Lipinski definition) is 0. The van der Waals surface area contributed by atoms with Gasteiger partial charge >= 0.3 is 0 Å². The highest BCUT2D eigenvalue weighted by Gasteiger charge is 2.20. The van der Waals surface area contributed by atoms with Gasteiger partial charge in [0.25, 0.3) is 0 Å². The molecule has 0 aliphatic heterocycles. The summed E-state index contributed by atoms with van der Waals surface area (Å²) in [4.78, 5) is 10.8. The van der Waals surface area contributed by atoms with Crippen molar-refractivity contribution >= 4 is 6.29 Å². The fraction of sp³-hybridized carbons (Fsp3) is 0.929. The van der Waals surface area contributed by atoms with Gasteiger partial charge in [-0.25, -0.2) is 0 Å². The normalized spacial score (nSPS) is 12.9. The van der Waals surface area contributed by atoms with Crippen molar-refractivity contribution in [1.82, 2.24) is 0 Å². The van der Waals surface area contributed by atoms with Crippen LogP contribution in [0.5, 0.6) is 0 Å². The SMILES string of the molecule is CCCCC(C)(C)CCCC(C)(C)C=O. The van der Waals surface area contributed by atoms with Crippen LogP contribution in [0.3, 0.4) is 0 Å². The fourth-order valence-electron chi connectivity index (χ4n) is 1.86. The van der Waals surface area contributed by atoms with Crippen LogP contribution in [0.1, 0.15) is 73.1 Å². The van der Waals surface area contributed by atoms with Gasteiger partial charge in [0.05, 0.1) is 0 Å². The van der Waals surface area contributed by atoms with Gasteiger partial charge in [0.2, 0.25) is 0 Å². The van der Waals surface area contributed by atoms with Crippen molar-refractivity contribution in [1.29, 1.82) is 0 Å². The highest BCUT2D eigenvalue weighted by molar-refractivity contribution is 5.57. The van der Waals surface area contributed by atoms with E-state index < -0.39 is 0 Å². The number of hydrogen-bond acceptors (Lipinski definition) is 1. The molecule has 15 heavy (non-hydrogen) atoms. The van der Waals surface area contributed by atoms with Crippen molar-refractivity contribution in [2.45, 2.75) is 73.1 Å². The Morgan fingerprint density at radius 2 is 1.47 bits per heavy atom. The molecule has 0 saturated carbocycles. The van der Waals surface area contributed by atoms with Crippen molar-refractivity contribution in [3.63, 3.8) is 0 Å². The van der Waals surface area contributed by atoms with Gasteiger partial charge < -0.3 is 4.79 Å². The molecule has 0 aromatic carbocycles. The predicted octanol–water partition coefficient (Wildman–Crippen LogP) is 4.60. The van der Waals surface area contributed by atoms with E-state index in [2.05, 4.69) is 20.8 Å². The second kappa shape index (κ2) is 6.30. The minimum absolute atomic E-state index is 0.124. The first-order valence-corrected chi connectivity index (χ1v) is 6.29. The van der Waals surface area contributed by atoms with Gasteiger partial charge in [0.15, 0.2) is 0 Å². The zero-order valence-electron chi connectivity index (χ0n) is 11.2. The molecule has 0 fully saturated rings. The molecule has 0 aliphatic rings. The average Bonchev–Trinajstić information content (AvgIpc) is 2.14. The zero-order chi connectivity index (χ0) is 11.9. The van der Waals surface area contributed by atoms with Crippen molar-refractivity contribution in [2.24, 2.45) is 10.8 Å². The van der Waals surface area contributed by atoms with E-state index in [4.69, 9.17) is 0 Å². The minimum Gasteiger partial charge on any atom is -0.303 e. The van der Waals surface area contributed by atoms with E-state index in [1.54, 1.807) is 0 Å². The Morgan fingerprint density at radius 3 is 1.93 bits per heavy atom. The van der Waals surface area contributed by atoms with Crippen LogP contribution in [0.15, 0.2) is 0 Å². The summed E-state index contributed by atoms with van der Waals surface area (Å²) in [6.45, 7) is 11.0. The first-order chi connectivity index (χ1) is 6.83. The summed E-state index contributed by atoms with van der Waals surface area (Å²) in [6, 6.07) is 0. The molecule has 0 N–H and O–H groups in total. The summed E-state index contributed by atoms with van der Waals surface area (Å²) in [7, 11) is 0. The van der Waals surface area contributed by atoms with Crippen molar-refractivity contribution in [2.75, 3.05) is 0 Å². The monoisotopic (exact) mass is 212 g/mol. The van der Waals surface area contributed by atoms with Crippen molar-refractivity contribution < 1.29 is 4.79 Å². The molecule has 0 amide bonds. The topological polar surface area (TPSA) is 17.1 Å². The maximum atomic E-state index is 10.8. The van der Waals surface area contributed by atoms with Crippen LogP contribution in [0.4, 0.5) is 0 Å². The lowest BCUT2D eigenvalue weighted by atomic mass is 9.79. The average molecular weight is 212 g/mol. The molecule has 0 aromatic heterocycles. The lowest BCUT2D eigenvalue weighted by molar-refractivity contribution is -0.115. The van der Waals surface area contributed by atoms with E-state index >= 15 is 0 Å². The smallest absolute Gasteiger partial charge is 0.125 e. The number of unbranched alkanes of at least 4 members (excludes halogenated alkanes) is 1. The molecular weight excluding hydrogens is 184 g/mol. The molecule has 0 bridgehead atoms. The molecule has 0 aromatic rings. The third-order valence-corrected chi connectivity index (χ3v) is 3.20. The molecule has 0 aliphatic carbocycles. The molecular formula is C14H28O. The molecule has 0 rings (SSSR count). The molecule has 0 spiro atoms. The fourth-order valence-corrected chi connectivity index (χ4v) is 1.86. The first-order valence-electron chi connectivity index (χ1n) is 6.29. The molecule has 0 heterocycles. The molecule has 0 saturated heterocycles. The number of carbonyl (C=O) groups excluding carboxylic acids is 1. The van der Waals surface area contributed by atoms with Crippen LogP contribution >= 0.6 is 0 Å².